The number of rotatable bonds is 4. The van der Waals surface area contributed by atoms with Crippen LogP contribution in [0.3, 0.4) is 0 Å². The van der Waals surface area contributed by atoms with Crippen LogP contribution < -0.4 is 4.50 Å². The Balaban J connectivity index is 3.47. The number of halogens is 1. The fourth-order valence-corrected chi connectivity index (χ4v) is 15.1. The van der Waals surface area contributed by atoms with Crippen molar-refractivity contribution in [2.45, 2.75) is 65.1 Å². The third-order valence-electron chi connectivity index (χ3n) is 4.15. The normalized spacial score (nSPS) is 13.1. The van der Waals surface area contributed by atoms with Gasteiger partial charge >= 0.3 is 0 Å². The molecule has 0 aliphatic heterocycles. The van der Waals surface area contributed by atoms with Crippen molar-refractivity contribution in [1.29, 1.82) is 0 Å². The zero-order valence-electron chi connectivity index (χ0n) is 12.1. The monoisotopic (exact) mass is 332 g/mol. The van der Waals surface area contributed by atoms with E-state index in [1.165, 1.54) is 9.35 Å². The second kappa shape index (κ2) is 5.58. The van der Waals surface area contributed by atoms with Crippen LogP contribution in [0.15, 0.2) is 9.85 Å². The molecule has 1 heterocycles. The molecular weight excluding hydrogens is 308 g/mol. The summed E-state index contributed by atoms with van der Waals surface area (Å²) in [4.78, 5) is 0. The maximum absolute atomic E-state index is 3.66. The Labute approximate surface area is 120 Å². The minimum Gasteiger partial charge on any atom is -0.138 e. The molecule has 0 aliphatic carbocycles. The fourth-order valence-electron chi connectivity index (χ4n) is 3.66. The summed E-state index contributed by atoms with van der Waals surface area (Å²) in [6, 6.07) is 2.30. The van der Waals surface area contributed by atoms with Gasteiger partial charge in [0.2, 0.25) is 0 Å². The summed E-state index contributed by atoms with van der Waals surface area (Å²) in [5.41, 5.74) is 3.90. The van der Waals surface area contributed by atoms with Crippen LogP contribution in [0.5, 0.6) is 0 Å². The van der Waals surface area contributed by atoms with Crippen molar-refractivity contribution in [3.05, 3.63) is 15.4 Å². The SMILES string of the molecule is Cc1cc(Br)sc1[Si](C(C)C)(C(C)C)C(C)C. The molecule has 0 unspecified atom stereocenters. The van der Waals surface area contributed by atoms with Crippen molar-refractivity contribution >= 4 is 39.8 Å². The number of aryl methyl sites for hydroxylation is 1. The molecule has 17 heavy (non-hydrogen) atoms. The smallest absolute Gasteiger partial charge is 0.107 e. The van der Waals surface area contributed by atoms with E-state index in [1.54, 1.807) is 4.50 Å². The van der Waals surface area contributed by atoms with Gasteiger partial charge in [0.25, 0.3) is 0 Å². The maximum Gasteiger partial charge on any atom is 0.107 e. The summed E-state index contributed by atoms with van der Waals surface area (Å²) in [6.07, 6.45) is 0. The molecule has 0 N–H and O–H groups in total. The molecule has 3 heteroatoms. The highest BCUT2D eigenvalue weighted by molar-refractivity contribution is 9.11. The highest BCUT2D eigenvalue weighted by atomic mass is 79.9. The average Bonchev–Trinajstić information content (AvgIpc) is 2.44. The van der Waals surface area contributed by atoms with E-state index in [1.807, 2.05) is 11.3 Å². The van der Waals surface area contributed by atoms with Gasteiger partial charge < -0.3 is 0 Å². The van der Waals surface area contributed by atoms with Gasteiger partial charge in [-0.15, -0.1) is 11.3 Å². The number of hydrogen-bond donors (Lipinski definition) is 0. The van der Waals surface area contributed by atoms with Gasteiger partial charge in [-0.3, -0.25) is 0 Å². The fraction of sp³-hybridized carbons (Fsp3) is 0.714. The standard InChI is InChI=1S/C14H25BrSSi/c1-9(2)17(10(3)4,11(5)6)14-12(7)8-13(15)16-14/h8-11H,1-7H3. The molecule has 0 amide bonds. The van der Waals surface area contributed by atoms with Crippen LogP contribution in [0.1, 0.15) is 47.1 Å². The molecule has 0 aromatic carbocycles. The van der Waals surface area contributed by atoms with Crippen molar-refractivity contribution in [1.82, 2.24) is 0 Å². The summed E-state index contributed by atoms with van der Waals surface area (Å²) in [6.45, 7) is 16.9. The summed E-state index contributed by atoms with van der Waals surface area (Å²) in [7, 11) is -1.44. The molecule has 0 saturated heterocycles. The Hall–Kier alpha value is 0.397. The first kappa shape index (κ1) is 15.5. The largest absolute Gasteiger partial charge is 0.138 e. The van der Waals surface area contributed by atoms with Crippen molar-refractivity contribution in [3.8, 4) is 0 Å². The molecule has 0 atom stereocenters. The Morgan fingerprint density at radius 1 is 1.00 bits per heavy atom. The first-order valence-electron chi connectivity index (χ1n) is 6.50. The Kier molecular flexibility index (Phi) is 5.07. The third kappa shape index (κ3) is 2.57. The van der Waals surface area contributed by atoms with Crippen LogP contribution in [0.25, 0.3) is 0 Å². The third-order valence-corrected chi connectivity index (χ3v) is 14.0. The van der Waals surface area contributed by atoms with Crippen molar-refractivity contribution in [2.24, 2.45) is 0 Å². The van der Waals surface area contributed by atoms with Gasteiger partial charge in [0.15, 0.2) is 0 Å². The van der Waals surface area contributed by atoms with Crippen molar-refractivity contribution < 1.29 is 0 Å². The quantitative estimate of drug-likeness (QED) is 0.620. The second-order valence-electron chi connectivity index (χ2n) is 5.96. The van der Waals surface area contributed by atoms with Gasteiger partial charge in [-0.25, -0.2) is 0 Å². The van der Waals surface area contributed by atoms with Gasteiger partial charge in [0.05, 0.1) is 3.79 Å². The van der Waals surface area contributed by atoms with Crippen LogP contribution in [0.4, 0.5) is 0 Å². The maximum atomic E-state index is 3.66. The van der Waals surface area contributed by atoms with Crippen molar-refractivity contribution in [3.63, 3.8) is 0 Å². The van der Waals surface area contributed by atoms with Crippen LogP contribution in [0, 0.1) is 6.92 Å². The van der Waals surface area contributed by atoms with E-state index in [2.05, 4.69) is 70.5 Å². The molecule has 0 fully saturated rings. The Bertz CT molecular complexity index is 358. The molecule has 0 aliphatic rings. The summed E-state index contributed by atoms with van der Waals surface area (Å²) < 4.78 is 3.01. The van der Waals surface area contributed by atoms with E-state index in [4.69, 9.17) is 0 Å². The van der Waals surface area contributed by atoms with Gasteiger partial charge in [-0.1, -0.05) is 41.5 Å². The second-order valence-corrected chi connectivity index (χ2v) is 14.6. The zero-order chi connectivity index (χ0) is 13.4. The van der Waals surface area contributed by atoms with E-state index in [0.29, 0.717) is 0 Å². The van der Waals surface area contributed by atoms with Crippen LogP contribution in [0.2, 0.25) is 16.6 Å². The lowest BCUT2D eigenvalue weighted by molar-refractivity contribution is 0.836. The van der Waals surface area contributed by atoms with Crippen LogP contribution in [-0.2, 0) is 0 Å². The predicted molar refractivity (Wildman–Crippen MR) is 87.4 cm³/mol. The highest BCUT2D eigenvalue weighted by Crippen LogP contribution is 2.43. The lowest BCUT2D eigenvalue weighted by atomic mass is 10.4. The van der Waals surface area contributed by atoms with E-state index >= 15 is 0 Å². The van der Waals surface area contributed by atoms with E-state index < -0.39 is 8.07 Å². The van der Waals surface area contributed by atoms with Crippen molar-refractivity contribution in [2.75, 3.05) is 0 Å². The first-order chi connectivity index (χ1) is 7.74. The van der Waals surface area contributed by atoms with E-state index in [9.17, 15) is 0 Å². The topological polar surface area (TPSA) is 0 Å². The van der Waals surface area contributed by atoms with E-state index in [-0.39, 0.29) is 0 Å². The molecule has 0 nitrogen and oxygen atoms in total. The minimum absolute atomic E-state index is 0.798. The summed E-state index contributed by atoms with van der Waals surface area (Å²) in [5.74, 6) is 0. The van der Waals surface area contributed by atoms with E-state index in [0.717, 1.165) is 16.6 Å². The molecule has 1 rings (SSSR count). The lowest BCUT2D eigenvalue weighted by Crippen LogP contribution is -2.55. The molecule has 0 spiro atoms. The van der Waals surface area contributed by atoms with Gasteiger partial charge in [-0.05, 0) is 55.6 Å². The van der Waals surface area contributed by atoms with Crippen LogP contribution in [-0.4, -0.2) is 8.07 Å². The molecule has 0 bridgehead atoms. The molecule has 98 valence electrons. The Morgan fingerprint density at radius 2 is 1.41 bits per heavy atom. The molecule has 1 aromatic heterocycles. The molecule has 0 radical (unpaired) electrons. The minimum atomic E-state index is -1.44. The van der Waals surface area contributed by atoms with Gasteiger partial charge in [0.1, 0.15) is 8.07 Å². The van der Waals surface area contributed by atoms with Gasteiger partial charge in [0, 0.05) is 0 Å². The average molecular weight is 333 g/mol. The molecular formula is C14H25BrSSi. The Morgan fingerprint density at radius 3 is 1.65 bits per heavy atom. The number of thiophene rings is 1. The summed E-state index contributed by atoms with van der Waals surface area (Å²) in [5, 5.41) is 0. The zero-order valence-corrected chi connectivity index (χ0v) is 15.5. The molecule has 0 saturated carbocycles. The summed E-state index contributed by atoms with van der Waals surface area (Å²) >= 11 is 5.65. The highest BCUT2D eigenvalue weighted by Gasteiger charge is 2.46. The van der Waals surface area contributed by atoms with Crippen LogP contribution >= 0.6 is 27.3 Å². The van der Waals surface area contributed by atoms with Gasteiger partial charge in [-0.2, -0.15) is 0 Å². The predicted octanol–water partition coefficient (Wildman–Crippen LogP) is 5.70. The number of hydrogen-bond acceptors (Lipinski definition) is 1. The first-order valence-corrected chi connectivity index (χ1v) is 10.3. The lowest BCUT2D eigenvalue weighted by Gasteiger charge is -2.43. The molecule has 1 aromatic rings.